The summed E-state index contributed by atoms with van der Waals surface area (Å²) in [7, 11) is 1.61. The lowest BCUT2D eigenvalue weighted by Crippen LogP contribution is -2.39. The number of benzene rings is 6. The van der Waals surface area contributed by atoms with Crippen LogP contribution in [0.15, 0.2) is 167 Å². The highest BCUT2D eigenvalue weighted by molar-refractivity contribution is 9.10. The van der Waals surface area contributed by atoms with E-state index < -0.39 is 5.54 Å². The molecule has 0 fully saturated rings. The maximum Gasteiger partial charge on any atom is 0.291 e. The van der Waals surface area contributed by atoms with E-state index in [1.807, 2.05) is 128 Å². The number of nitrogens with one attached hydrogen (secondary N) is 1. The molecule has 61 heavy (non-hydrogen) atoms. The standard InChI is InChI=1S/C49H44BrN7O4/c1-4-60-43-31-35(27-30-42(43)59-3)32-51-45-44(50)47(61-5-2)53-56(48(45)58)33-34-25-28-36(29-26-34)40-23-15-16-24-41(40)46-52-54-55-57(46)49(37-17-9-6-10-18-37,38-19-11-7-12-20-38)39-21-13-8-14-22-39/h6-31,51H,4-5,32-33H2,1-3H3. The summed E-state index contributed by atoms with van der Waals surface area (Å²) in [5, 5.41) is 21.7. The van der Waals surface area contributed by atoms with Crippen molar-refractivity contribution in [3.8, 4) is 39.9 Å². The topological polar surface area (TPSA) is 118 Å². The third-order valence-corrected chi connectivity index (χ3v) is 11.2. The Morgan fingerprint density at radius 1 is 0.672 bits per heavy atom. The van der Waals surface area contributed by atoms with Crippen molar-refractivity contribution in [2.24, 2.45) is 0 Å². The zero-order chi connectivity index (χ0) is 42.2. The minimum atomic E-state index is -0.903. The van der Waals surface area contributed by atoms with Crippen LogP contribution < -0.4 is 25.1 Å². The van der Waals surface area contributed by atoms with E-state index in [-0.39, 0.29) is 12.1 Å². The number of methoxy groups -OCH3 is 1. The Bertz CT molecular complexity index is 2680. The lowest BCUT2D eigenvalue weighted by Gasteiger charge is -2.36. The van der Waals surface area contributed by atoms with Crippen LogP contribution in [-0.2, 0) is 18.6 Å². The van der Waals surface area contributed by atoms with E-state index >= 15 is 0 Å². The molecule has 8 aromatic rings. The lowest BCUT2D eigenvalue weighted by molar-refractivity contribution is 0.310. The number of anilines is 1. The third-order valence-electron chi connectivity index (χ3n) is 10.5. The summed E-state index contributed by atoms with van der Waals surface area (Å²) in [6.07, 6.45) is 0. The van der Waals surface area contributed by atoms with Crippen LogP contribution in [0.3, 0.4) is 0 Å². The molecule has 2 aromatic heterocycles. The van der Waals surface area contributed by atoms with E-state index in [9.17, 15) is 4.79 Å². The molecular weight excluding hydrogens is 830 g/mol. The molecule has 6 aromatic carbocycles. The minimum absolute atomic E-state index is 0.214. The highest BCUT2D eigenvalue weighted by Gasteiger charge is 2.42. The van der Waals surface area contributed by atoms with Gasteiger partial charge in [-0.15, -0.1) is 10.2 Å². The van der Waals surface area contributed by atoms with Crippen LogP contribution in [0.4, 0.5) is 5.69 Å². The number of ether oxygens (including phenoxy) is 3. The van der Waals surface area contributed by atoms with Gasteiger partial charge in [0.15, 0.2) is 17.3 Å². The van der Waals surface area contributed by atoms with Crippen molar-refractivity contribution >= 4 is 21.6 Å². The predicted molar refractivity (Wildman–Crippen MR) is 241 cm³/mol. The van der Waals surface area contributed by atoms with Gasteiger partial charge in [-0.25, -0.2) is 9.36 Å². The van der Waals surface area contributed by atoms with Crippen LogP contribution >= 0.6 is 15.9 Å². The predicted octanol–water partition coefficient (Wildman–Crippen LogP) is 9.63. The Hall–Kier alpha value is -7.05. The Morgan fingerprint density at radius 3 is 1.84 bits per heavy atom. The fraction of sp³-hybridized carbons (Fsp3) is 0.163. The quantitative estimate of drug-likeness (QED) is 0.0948. The summed E-state index contributed by atoms with van der Waals surface area (Å²) in [5.41, 5.74) is 6.74. The lowest BCUT2D eigenvalue weighted by atomic mass is 9.77. The van der Waals surface area contributed by atoms with Gasteiger partial charge in [0.1, 0.15) is 15.7 Å². The number of hydrogen-bond acceptors (Lipinski definition) is 9. The Kier molecular flexibility index (Phi) is 12.3. The average Bonchev–Trinajstić information content (AvgIpc) is 3.80. The van der Waals surface area contributed by atoms with Gasteiger partial charge in [0.25, 0.3) is 5.56 Å². The van der Waals surface area contributed by atoms with Crippen molar-refractivity contribution in [1.29, 1.82) is 0 Å². The van der Waals surface area contributed by atoms with Crippen molar-refractivity contribution in [3.05, 3.63) is 200 Å². The summed E-state index contributed by atoms with van der Waals surface area (Å²) in [5.74, 6) is 2.20. The van der Waals surface area contributed by atoms with Gasteiger partial charge in [-0.1, -0.05) is 146 Å². The zero-order valence-electron chi connectivity index (χ0n) is 34.0. The molecule has 306 valence electrons. The van der Waals surface area contributed by atoms with E-state index in [0.29, 0.717) is 53.1 Å². The molecule has 0 spiro atoms. The number of rotatable bonds is 16. The molecular formula is C49H44BrN7O4. The molecule has 0 atom stereocenters. The first kappa shape index (κ1) is 40.7. The minimum Gasteiger partial charge on any atom is -0.493 e. The average molecular weight is 875 g/mol. The highest BCUT2D eigenvalue weighted by Crippen LogP contribution is 2.43. The number of nitrogens with zero attached hydrogens (tertiary/aromatic N) is 6. The van der Waals surface area contributed by atoms with Crippen molar-refractivity contribution < 1.29 is 14.2 Å². The molecule has 0 saturated heterocycles. The molecule has 0 aliphatic heterocycles. The second kappa shape index (κ2) is 18.5. The van der Waals surface area contributed by atoms with Crippen LogP contribution in [0.25, 0.3) is 22.5 Å². The maximum absolute atomic E-state index is 14.0. The molecule has 0 unspecified atom stereocenters. The Balaban J connectivity index is 1.14. The van der Waals surface area contributed by atoms with Crippen LogP contribution in [-0.4, -0.2) is 50.3 Å². The van der Waals surface area contributed by atoms with Gasteiger partial charge in [-0.05, 0) is 91.3 Å². The molecule has 0 bridgehead atoms. The van der Waals surface area contributed by atoms with Crippen molar-refractivity contribution in [2.45, 2.75) is 32.5 Å². The molecule has 0 saturated carbocycles. The summed E-state index contributed by atoms with van der Waals surface area (Å²) in [4.78, 5) is 14.0. The normalized spacial score (nSPS) is 11.3. The summed E-state index contributed by atoms with van der Waals surface area (Å²) in [6.45, 7) is 5.24. The third kappa shape index (κ3) is 8.14. The molecule has 1 N–H and O–H groups in total. The van der Waals surface area contributed by atoms with E-state index in [1.165, 1.54) is 4.68 Å². The van der Waals surface area contributed by atoms with Gasteiger partial charge in [0.05, 0.1) is 26.9 Å². The fourth-order valence-electron chi connectivity index (χ4n) is 7.69. The highest BCUT2D eigenvalue weighted by atomic mass is 79.9. The Labute approximate surface area is 362 Å². The van der Waals surface area contributed by atoms with E-state index in [4.69, 9.17) is 24.5 Å². The molecule has 11 nitrogen and oxygen atoms in total. The molecule has 0 amide bonds. The van der Waals surface area contributed by atoms with Crippen molar-refractivity contribution in [2.75, 3.05) is 25.6 Å². The van der Waals surface area contributed by atoms with Gasteiger partial charge < -0.3 is 19.5 Å². The SMILES string of the molecule is CCOc1cc(CNc2c(Br)c(OCC)nn(Cc3ccc(-c4ccccc4-c4nnnn4C(c4ccccc4)(c4ccccc4)c4ccccc4)cc3)c2=O)ccc1OC. The second-order valence-electron chi connectivity index (χ2n) is 14.1. The Morgan fingerprint density at radius 2 is 1.25 bits per heavy atom. The number of hydrogen-bond donors (Lipinski definition) is 1. The van der Waals surface area contributed by atoms with Crippen LogP contribution in [0, 0.1) is 0 Å². The number of aromatic nitrogens is 6. The molecule has 8 rings (SSSR count). The first-order chi connectivity index (χ1) is 30.0. The van der Waals surface area contributed by atoms with E-state index in [0.717, 1.165) is 44.5 Å². The van der Waals surface area contributed by atoms with Gasteiger partial charge >= 0.3 is 0 Å². The first-order valence-electron chi connectivity index (χ1n) is 20.1. The molecule has 12 heteroatoms. The van der Waals surface area contributed by atoms with Crippen LogP contribution in [0.5, 0.6) is 17.4 Å². The first-order valence-corrected chi connectivity index (χ1v) is 20.9. The fourth-order valence-corrected chi connectivity index (χ4v) is 8.19. The summed E-state index contributed by atoms with van der Waals surface area (Å²) < 4.78 is 20.9. The monoisotopic (exact) mass is 873 g/mol. The molecule has 0 aliphatic rings. The van der Waals surface area contributed by atoms with Crippen LogP contribution in [0.2, 0.25) is 0 Å². The summed E-state index contributed by atoms with van der Waals surface area (Å²) in [6, 6.07) is 53.0. The van der Waals surface area contributed by atoms with Gasteiger partial charge in [-0.2, -0.15) is 0 Å². The zero-order valence-corrected chi connectivity index (χ0v) is 35.6. The van der Waals surface area contributed by atoms with Crippen molar-refractivity contribution in [3.63, 3.8) is 0 Å². The number of tetrazole rings is 1. The molecule has 0 aliphatic carbocycles. The molecule has 2 heterocycles. The van der Waals surface area contributed by atoms with Gasteiger partial charge in [-0.3, -0.25) is 4.79 Å². The summed E-state index contributed by atoms with van der Waals surface area (Å²) >= 11 is 3.58. The molecule has 0 radical (unpaired) electrons. The number of halogens is 1. The second-order valence-corrected chi connectivity index (χ2v) is 14.9. The maximum atomic E-state index is 14.0. The largest absolute Gasteiger partial charge is 0.493 e. The van der Waals surface area contributed by atoms with Crippen molar-refractivity contribution in [1.82, 2.24) is 30.0 Å². The smallest absolute Gasteiger partial charge is 0.291 e. The van der Waals surface area contributed by atoms with Crippen LogP contribution in [0.1, 0.15) is 41.7 Å². The van der Waals surface area contributed by atoms with E-state index in [1.54, 1.807) is 7.11 Å². The van der Waals surface area contributed by atoms with Gasteiger partial charge in [0, 0.05) is 12.1 Å². The van der Waals surface area contributed by atoms with E-state index in [2.05, 4.69) is 80.1 Å². The van der Waals surface area contributed by atoms with Gasteiger partial charge in [0.2, 0.25) is 5.88 Å².